The second-order valence-corrected chi connectivity index (χ2v) is 7.09. The van der Waals surface area contributed by atoms with Crippen molar-refractivity contribution in [1.29, 1.82) is 0 Å². The highest BCUT2D eigenvalue weighted by atomic mass is 35.5. The number of carbonyl (C=O) groups excluding carboxylic acids is 3. The molecular weight excluding hydrogens is 446 g/mol. The molecule has 0 aliphatic carbocycles. The van der Waals surface area contributed by atoms with Gasteiger partial charge in [-0.2, -0.15) is 5.10 Å². The van der Waals surface area contributed by atoms with E-state index in [9.17, 15) is 14.4 Å². The second kappa shape index (κ2) is 11.4. The van der Waals surface area contributed by atoms with Crippen molar-refractivity contribution >= 4 is 35.6 Å². The molecular formula is C24H20ClN3O5. The second-order valence-electron chi connectivity index (χ2n) is 6.65. The molecule has 0 atom stereocenters. The third-order valence-electron chi connectivity index (χ3n) is 4.30. The third-order valence-corrected chi connectivity index (χ3v) is 4.53. The number of methoxy groups -OCH3 is 1. The molecule has 0 aromatic heterocycles. The van der Waals surface area contributed by atoms with Crippen molar-refractivity contribution in [2.75, 3.05) is 13.7 Å². The molecule has 2 amide bonds. The number of halogens is 1. The normalized spacial score (nSPS) is 10.5. The molecule has 8 nitrogen and oxygen atoms in total. The number of ether oxygens (including phenoxy) is 2. The Morgan fingerprint density at radius 3 is 2.42 bits per heavy atom. The number of esters is 1. The van der Waals surface area contributed by atoms with Crippen LogP contribution in [0.15, 0.2) is 77.9 Å². The zero-order valence-corrected chi connectivity index (χ0v) is 18.3. The van der Waals surface area contributed by atoms with Crippen LogP contribution in [0.3, 0.4) is 0 Å². The molecule has 33 heavy (non-hydrogen) atoms. The minimum atomic E-state index is -0.512. The smallest absolute Gasteiger partial charge is 0.343 e. The van der Waals surface area contributed by atoms with Crippen LogP contribution in [0.2, 0.25) is 5.02 Å². The standard InChI is InChI=1S/C24H20ClN3O5/c1-32-21-12-16(10-11-20(21)33-24(31)17-6-3-2-4-7-17)14-27-28-22(29)15-26-23(30)18-8-5-9-19(25)13-18/h2-14H,15H2,1H3,(H,26,30)(H,28,29)/b27-14-. The van der Waals surface area contributed by atoms with Crippen molar-refractivity contribution in [1.82, 2.24) is 10.7 Å². The van der Waals surface area contributed by atoms with Crippen LogP contribution in [-0.4, -0.2) is 37.7 Å². The third kappa shape index (κ3) is 6.91. The first-order valence-electron chi connectivity index (χ1n) is 9.77. The predicted molar refractivity (Wildman–Crippen MR) is 124 cm³/mol. The molecule has 3 rings (SSSR count). The lowest BCUT2D eigenvalue weighted by molar-refractivity contribution is -0.120. The van der Waals surface area contributed by atoms with Gasteiger partial charge in [-0.1, -0.05) is 35.9 Å². The summed E-state index contributed by atoms with van der Waals surface area (Å²) in [5, 5.41) is 6.76. The van der Waals surface area contributed by atoms with E-state index in [0.29, 0.717) is 27.5 Å². The summed E-state index contributed by atoms with van der Waals surface area (Å²) in [5.74, 6) is -0.883. The van der Waals surface area contributed by atoms with Crippen molar-refractivity contribution in [3.05, 3.63) is 94.5 Å². The average molecular weight is 466 g/mol. The van der Waals surface area contributed by atoms with E-state index in [1.165, 1.54) is 19.4 Å². The predicted octanol–water partition coefficient (Wildman–Crippen LogP) is 3.45. The van der Waals surface area contributed by atoms with Gasteiger partial charge in [0.1, 0.15) is 0 Å². The Bertz CT molecular complexity index is 1180. The van der Waals surface area contributed by atoms with Gasteiger partial charge < -0.3 is 14.8 Å². The number of carbonyl (C=O) groups is 3. The molecule has 2 N–H and O–H groups in total. The molecule has 0 saturated carbocycles. The number of hydrazone groups is 1. The van der Waals surface area contributed by atoms with Crippen molar-refractivity contribution in [2.24, 2.45) is 5.10 Å². The fraction of sp³-hybridized carbons (Fsp3) is 0.0833. The van der Waals surface area contributed by atoms with Crippen molar-refractivity contribution in [2.45, 2.75) is 0 Å². The Labute approximate surface area is 195 Å². The Hall–Kier alpha value is -4.17. The first-order valence-corrected chi connectivity index (χ1v) is 10.1. The van der Waals surface area contributed by atoms with Gasteiger partial charge in [0.25, 0.3) is 11.8 Å². The van der Waals surface area contributed by atoms with Crippen LogP contribution in [-0.2, 0) is 4.79 Å². The van der Waals surface area contributed by atoms with E-state index in [0.717, 1.165) is 0 Å². The first-order chi connectivity index (χ1) is 16.0. The minimum Gasteiger partial charge on any atom is -0.493 e. The maximum absolute atomic E-state index is 12.2. The van der Waals surface area contributed by atoms with E-state index >= 15 is 0 Å². The van der Waals surface area contributed by atoms with Gasteiger partial charge in [-0.3, -0.25) is 9.59 Å². The van der Waals surface area contributed by atoms with Gasteiger partial charge in [-0.15, -0.1) is 0 Å². The molecule has 0 bridgehead atoms. The van der Waals surface area contributed by atoms with E-state index in [4.69, 9.17) is 21.1 Å². The summed E-state index contributed by atoms with van der Waals surface area (Å²) >= 11 is 5.85. The molecule has 0 fully saturated rings. The molecule has 0 radical (unpaired) electrons. The number of benzene rings is 3. The lowest BCUT2D eigenvalue weighted by Gasteiger charge is -2.10. The Morgan fingerprint density at radius 2 is 1.70 bits per heavy atom. The fourth-order valence-corrected chi connectivity index (χ4v) is 2.88. The van der Waals surface area contributed by atoms with Gasteiger partial charge >= 0.3 is 5.97 Å². The highest BCUT2D eigenvalue weighted by Gasteiger charge is 2.12. The average Bonchev–Trinajstić information content (AvgIpc) is 2.83. The molecule has 0 heterocycles. The van der Waals surface area contributed by atoms with Gasteiger partial charge in [0.2, 0.25) is 0 Å². The van der Waals surface area contributed by atoms with Gasteiger partial charge in [0.05, 0.1) is 25.4 Å². The van der Waals surface area contributed by atoms with Gasteiger partial charge in [-0.05, 0) is 54.1 Å². The van der Waals surface area contributed by atoms with Crippen LogP contribution in [0.1, 0.15) is 26.3 Å². The SMILES string of the molecule is COc1cc(/C=N\NC(=O)CNC(=O)c2cccc(Cl)c2)ccc1OC(=O)c1ccccc1. The maximum atomic E-state index is 12.2. The van der Waals surface area contributed by atoms with Gasteiger partial charge in [0.15, 0.2) is 11.5 Å². The van der Waals surface area contributed by atoms with E-state index in [2.05, 4.69) is 15.8 Å². The summed E-state index contributed by atoms with van der Waals surface area (Å²) in [6.45, 7) is -0.264. The zero-order chi connectivity index (χ0) is 23.6. The lowest BCUT2D eigenvalue weighted by atomic mass is 10.2. The van der Waals surface area contributed by atoms with Crippen LogP contribution in [0, 0.1) is 0 Å². The molecule has 168 valence electrons. The van der Waals surface area contributed by atoms with Crippen molar-refractivity contribution < 1.29 is 23.9 Å². The molecule has 9 heteroatoms. The Balaban J connectivity index is 1.53. The van der Waals surface area contributed by atoms with Crippen LogP contribution in [0.25, 0.3) is 0 Å². The van der Waals surface area contributed by atoms with E-state index in [1.807, 2.05) is 0 Å². The van der Waals surface area contributed by atoms with Crippen molar-refractivity contribution in [3.63, 3.8) is 0 Å². The van der Waals surface area contributed by atoms with E-state index < -0.39 is 17.8 Å². The minimum absolute atomic E-state index is 0.247. The summed E-state index contributed by atoms with van der Waals surface area (Å²) in [6, 6.07) is 19.8. The van der Waals surface area contributed by atoms with E-state index in [1.54, 1.807) is 66.7 Å². The summed E-state index contributed by atoms with van der Waals surface area (Å²) in [7, 11) is 1.44. The molecule has 0 unspecified atom stereocenters. The fourth-order valence-electron chi connectivity index (χ4n) is 2.69. The van der Waals surface area contributed by atoms with Gasteiger partial charge in [0, 0.05) is 10.6 Å². The quantitative estimate of drug-likeness (QED) is 0.229. The number of nitrogens with zero attached hydrogens (tertiary/aromatic N) is 1. The van der Waals surface area contributed by atoms with Crippen LogP contribution in [0.4, 0.5) is 0 Å². The number of hydrogen-bond acceptors (Lipinski definition) is 6. The zero-order valence-electron chi connectivity index (χ0n) is 17.6. The maximum Gasteiger partial charge on any atom is 0.343 e. The molecule has 0 saturated heterocycles. The van der Waals surface area contributed by atoms with Crippen LogP contribution in [0.5, 0.6) is 11.5 Å². The summed E-state index contributed by atoms with van der Waals surface area (Å²) < 4.78 is 10.7. The first kappa shape index (κ1) is 23.5. The molecule has 0 aliphatic rings. The largest absolute Gasteiger partial charge is 0.493 e. The highest BCUT2D eigenvalue weighted by Crippen LogP contribution is 2.28. The number of nitrogens with one attached hydrogen (secondary N) is 2. The van der Waals surface area contributed by atoms with Crippen LogP contribution < -0.4 is 20.2 Å². The van der Waals surface area contributed by atoms with E-state index in [-0.39, 0.29) is 12.3 Å². The Morgan fingerprint density at radius 1 is 0.939 bits per heavy atom. The number of rotatable bonds is 8. The van der Waals surface area contributed by atoms with Crippen LogP contribution >= 0.6 is 11.6 Å². The summed E-state index contributed by atoms with van der Waals surface area (Å²) in [4.78, 5) is 36.2. The topological polar surface area (TPSA) is 106 Å². The molecule has 0 aliphatic heterocycles. The van der Waals surface area contributed by atoms with Gasteiger partial charge in [-0.25, -0.2) is 10.2 Å². The highest BCUT2D eigenvalue weighted by molar-refractivity contribution is 6.31. The summed E-state index contributed by atoms with van der Waals surface area (Å²) in [5.41, 5.74) is 3.67. The monoisotopic (exact) mass is 465 g/mol. The Kier molecular flexibility index (Phi) is 8.15. The summed E-state index contributed by atoms with van der Waals surface area (Å²) in [6.07, 6.45) is 1.39. The lowest BCUT2D eigenvalue weighted by Crippen LogP contribution is -2.34. The molecule has 0 spiro atoms. The molecule has 3 aromatic carbocycles. The van der Waals surface area contributed by atoms with Crippen molar-refractivity contribution in [3.8, 4) is 11.5 Å². The number of amides is 2. The number of hydrogen-bond donors (Lipinski definition) is 2. The molecule has 3 aromatic rings.